The van der Waals surface area contributed by atoms with Gasteiger partial charge in [-0.3, -0.25) is 14.6 Å². The number of nitrogens with two attached hydrogens (primary N) is 1. The van der Waals surface area contributed by atoms with E-state index in [1.807, 2.05) is 13.8 Å². The number of carbonyl (C=O) groups is 1. The summed E-state index contributed by atoms with van der Waals surface area (Å²) < 4.78 is 1.55. The fourth-order valence-electron chi connectivity index (χ4n) is 1.55. The minimum Gasteiger partial charge on any atom is -0.396 e. The molecule has 90 valence electrons. The van der Waals surface area contributed by atoms with Gasteiger partial charge in [0.1, 0.15) is 5.69 Å². The number of rotatable bonds is 3. The number of anilines is 2. The van der Waals surface area contributed by atoms with Crippen LogP contribution in [0, 0.1) is 6.92 Å². The Morgan fingerprint density at radius 1 is 1.65 bits per heavy atom. The maximum atomic E-state index is 12.0. The monoisotopic (exact) mass is 234 g/mol. The molecule has 17 heavy (non-hydrogen) atoms. The van der Waals surface area contributed by atoms with E-state index in [-0.39, 0.29) is 5.91 Å². The zero-order valence-corrected chi connectivity index (χ0v) is 9.69. The lowest BCUT2D eigenvalue weighted by Gasteiger charge is -2.05. The third-order valence-corrected chi connectivity index (χ3v) is 2.33. The van der Waals surface area contributed by atoms with Crippen molar-refractivity contribution in [1.29, 1.82) is 0 Å². The van der Waals surface area contributed by atoms with Gasteiger partial charge in [-0.15, -0.1) is 0 Å². The van der Waals surface area contributed by atoms with Crippen molar-refractivity contribution in [3.05, 3.63) is 23.7 Å². The predicted molar refractivity (Wildman–Crippen MR) is 63.6 cm³/mol. The fourth-order valence-corrected chi connectivity index (χ4v) is 1.55. The summed E-state index contributed by atoms with van der Waals surface area (Å²) in [5.74, 6) is 0.157. The number of amides is 1. The molecule has 2 heterocycles. The zero-order valence-electron chi connectivity index (χ0n) is 9.69. The smallest absolute Gasteiger partial charge is 0.277 e. The molecule has 7 nitrogen and oxygen atoms in total. The van der Waals surface area contributed by atoms with Gasteiger partial charge in [-0.25, -0.2) is 0 Å². The topological polar surface area (TPSA) is 102 Å². The van der Waals surface area contributed by atoms with Gasteiger partial charge in [-0.2, -0.15) is 10.2 Å². The average Bonchev–Trinajstić information content (AvgIpc) is 2.84. The Kier molecular flexibility index (Phi) is 2.82. The van der Waals surface area contributed by atoms with Crippen LogP contribution in [0.4, 0.5) is 11.5 Å². The third-order valence-electron chi connectivity index (χ3n) is 2.33. The molecule has 0 aromatic carbocycles. The number of carbonyl (C=O) groups excluding carboxylic acids is 1. The number of H-pyrrole nitrogens is 1. The molecule has 2 aromatic rings. The lowest BCUT2D eigenvalue weighted by atomic mass is 10.3. The van der Waals surface area contributed by atoms with Gasteiger partial charge in [0.25, 0.3) is 5.91 Å². The van der Waals surface area contributed by atoms with Gasteiger partial charge in [0.05, 0.1) is 11.9 Å². The van der Waals surface area contributed by atoms with E-state index in [2.05, 4.69) is 20.6 Å². The number of aryl methyl sites for hydroxylation is 2. The first-order chi connectivity index (χ1) is 8.11. The predicted octanol–water partition coefficient (Wildman–Crippen LogP) is 0.769. The Bertz CT molecular complexity index is 541. The summed E-state index contributed by atoms with van der Waals surface area (Å²) in [5.41, 5.74) is 7.29. The molecule has 0 radical (unpaired) electrons. The normalized spacial score (nSPS) is 10.5. The van der Waals surface area contributed by atoms with Crippen LogP contribution in [0.2, 0.25) is 0 Å². The van der Waals surface area contributed by atoms with Crippen LogP contribution in [0.3, 0.4) is 0 Å². The van der Waals surface area contributed by atoms with Gasteiger partial charge >= 0.3 is 0 Å². The first-order valence-corrected chi connectivity index (χ1v) is 5.26. The maximum absolute atomic E-state index is 12.0. The highest BCUT2D eigenvalue weighted by molar-refractivity contribution is 6.05. The molecule has 0 atom stereocenters. The standard InChI is InChI=1S/C10H14N6O/c1-3-16-9(7(11)5-12-16)10(17)13-8-4-6(2)14-15-8/h4-5H,3,11H2,1-2H3,(H2,13,14,15,17). The van der Waals surface area contributed by atoms with Gasteiger partial charge in [0.2, 0.25) is 0 Å². The lowest BCUT2D eigenvalue weighted by molar-refractivity contribution is 0.101. The molecule has 1 amide bonds. The number of nitrogen functional groups attached to an aromatic ring is 1. The second-order valence-corrected chi connectivity index (χ2v) is 3.65. The molecule has 2 aromatic heterocycles. The molecule has 0 bridgehead atoms. The van der Waals surface area contributed by atoms with Gasteiger partial charge in [0, 0.05) is 18.3 Å². The Morgan fingerprint density at radius 3 is 3.00 bits per heavy atom. The van der Waals surface area contributed by atoms with Crippen LogP contribution >= 0.6 is 0 Å². The van der Waals surface area contributed by atoms with E-state index >= 15 is 0 Å². The quantitative estimate of drug-likeness (QED) is 0.729. The largest absolute Gasteiger partial charge is 0.396 e. The molecule has 7 heteroatoms. The first kappa shape index (κ1) is 11.2. The van der Waals surface area contributed by atoms with Crippen LogP contribution in [0.15, 0.2) is 12.3 Å². The Hall–Kier alpha value is -2.31. The Balaban J connectivity index is 2.22. The second kappa shape index (κ2) is 4.28. The summed E-state index contributed by atoms with van der Waals surface area (Å²) in [7, 11) is 0. The van der Waals surface area contributed by atoms with Crippen LogP contribution < -0.4 is 11.1 Å². The number of aromatic nitrogens is 4. The van der Waals surface area contributed by atoms with E-state index in [0.717, 1.165) is 5.69 Å². The molecule has 0 unspecified atom stereocenters. The van der Waals surface area contributed by atoms with E-state index in [4.69, 9.17) is 5.73 Å². The van der Waals surface area contributed by atoms with Gasteiger partial charge in [0.15, 0.2) is 5.82 Å². The van der Waals surface area contributed by atoms with Crippen molar-refractivity contribution < 1.29 is 4.79 Å². The van der Waals surface area contributed by atoms with Gasteiger partial charge in [-0.05, 0) is 13.8 Å². The van der Waals surface area contributed by atoms with Crippen molar-refractivity contribution in [2.45, 2.75) is 20.4 Å². The van der Waals surface area contributed by atoms with Gasteiger partial charge < -0.3 is 11.1 Å². The molecule has 0 spiro atoms. The minimum absolute atomic E-state index is 0.312. The van der Waals surface area contributed by atoms with Crippen molar-refractivity contribution >= 4 is 17.4 Å². The van der Waals surface area contributed by atoms with Crippen molar-refractivity contribution in [3.8, 4) is 0 Å². The van der Waals surface area contributed by atoms with Crippen LogP contribution in [-0.4, -0.2) is 25.9 Å². The summed E-state index contributed by atoms with van der Waals surface area (Å²) in [5, 5.41) is 13.3. The van der Waals surface area contributed by atoms with Crippen molar-refractivity contribution in [2.75, 3.05) is 11.1 Å². The molecule has 0 saturated heterocycles. The van der Waals surface area contributed by atoms with E-state index in [1.165, 1.54) is 6.20 Å². The van der Waals surface area contributed by atoms with Crippen LogP contribution in [-0.2, 0) is 6.54 Å². The average molecular weight is 234 g/mol. The van der Waals surface area contributed by atoms with E-state index in [0.29, 0.717) is 23.7 Å². The first-order valence-electron chi connectivity index (χ1n) is 5.26. The summed E-state index contributed by atoms with van der Waals surface area (Å²) in [6.07, 6.45) is 1.47. The molecular formula is C10H14N6O. The van der Waals surface area contributed by atoms with E-state index < -0.39 is 0 Å². The SMILES string of the molecule is CCn1ncc(N)c1C(=O)Nc1cc(C)[nH]n1. The summed E-state index contributed by atoms with van der Waals surface area (Å²) in [4.78, 5) is 12.0. The summed E-state index contributed by atoms with van der Waals surface area (Å²) >= 11 is 0. The highest BCUT2D eigenvalue weighted by atomic mass is 16.2. The number of nitrogens with zero attached hydrogens (tertiary/aromatic N) is 3. The number of nitrogens with one attached hydrogen (secondary N) is 2. The van der Waals surface area contributed by atoms with Crippen LogP contribution in [0.1, 0.15) is 23.1 Å². The molecule has 0 saturated carbocycles. The maximum Gasteiger partial charge on any atom is 0.277 e. The Morgan fingerprint density at radius 2 is 2.41 bits per heavy atom. The van der Waals surface area contributed by atoms with E-state index in [1.54, 1.807) is 10.7 Å². The summed E-state index contributed by atoms with van der Waals surface area (Å²) in [6.45, 7) is 4.33. The second-order valence-electron chi connectivity index (χ2n) is 3.65. The van der Waals surface area contributed by atoms with Crippen molar-refractivity contribution in [2.24, 2.45) is 0 Å². The molecule has 4 N–H and O–H groups in total. The van der Waals surface area contributed by atoms with Gasteiger partial charge in [-0.1, -0.05) is 0 Å². The fraction of sp³-hybridized carbons (Fsp3) is 0.300. The Labute approximate surface area is 98.0 Å². The molecule has 0 aliphatic carbocycles. The number of hydrogen-bond donors (Lipinski definition) is 3. The van der Waals surface area contributed by atoms with E-state index in [9.17, 15) is 4.79 Å². The number of aromatic amines is 1. The van der Waals surface area contributed by atoms with Crippen LogP contribution in [0.25, 0.3) is 0 Å². The highest BCUT2D eigenvalue weighted by Crippen LogP contribution is 2.13. The molecule has 0 aliphatic heterocycles. The summed E-state index contributed by atoms with van der Waals surface area (Å²) in [6, 6.07) is 1.74. The van der Waals surface area contributed by atoms with Crippen molar-refractivity contribution in [3.63, 3.8) is 0 Å². The minimum atomic E-state index is -0.312. The third kappa shape index (κ3) is 2.12. The zero-order chi connectivity index (χ0) is 12.4. The molecular weight excluding hydrogens is 220 g/mol. The molecule has 0 fully saturated rings. The molecule has 0 aliphatic rings. The highest BCUT2D eigenvalue weighted by Gasteiger charge is 2.16. The lowest BCUT2D eigenvalue weighted by Crippen LogP contribution is -2.19. The van der Waals surface area contributed by atoms with Crippen LogP contribution in [0.5, 0.6) is 0 Å². The van der Waals surface area contributed by atoms with Crippen molar-refractivity contribution in [1.82, 2.24) is 20.0 Å². The molecule has 2 rings (SSSR count). The number of hydrogen-bond acceptors (Lipinski definition) is 4.